The maximum absolute atomic E-state index is 13.2. The zero-order valence-corrected chi connectivity index (χ0v) is 15.5. The summed E-state index contributed by atoms with van der Waals surface area (Å²) in [6.07, 6.45) is 4.59. The van der Waals surface area contributed by atoms with Gasteiger partial charge in [-0.2, -0.15) is 0 Å². The van der Waals surface area contributed by atoms with Crippen molar-refractivity contribution in [1.82, 2.24) is 0 Å². The number of carbonyl (C=O) groups is 4. The summed E-state index contributed by atoms with van der Waals surface area (Å²) in [4.78, 5) is 49.8. The summed E-state index contributed by atoms with van der Waals surface area (Å²) in [5, 5.41) is 0. The van der Waals surface area contributed by atoms with E-state index in [0.717, 1.165) is 19.3 Å². The van der Waals surface area contributed by atoms with Crippen molar-refractivity contribution in [2.24, 2.45) is 34.0 Å². The maximum atomic E-state index is 13.2. The number of carbonyl (C=O) groups excluding carboxylic acids is 4. The van der Waals surface area contributed by atoms with E-state index in [1.807, 2.05) is 0 Å². The van der Waals surface area contributed by atoms with Gasteiger partial charge in [0.15, 0.2) is 0 Å². The minimum absolute atomic E-state index is 0.0490. The van der Waals surface area contributed by atoms with Gasteiger partial charge in [0.25, 0.3) is 0 Å². The Bertz CT molecular complexity index is 754. The van der Waals surface area contributed by atoms with Crippen molar-refractivity contribution >= 4 is 23.3 Å². The Hall–Kier alpha value is -1.52. The van der Waals surface area contributed by atoms with Gasteiger partial charge in [0.1, 0.15) is 23.5 Å². The van der Waals surface area contributed by atoms with E-state index in [1.54, 1.807) is 0 Å². The third kappa shape index (κ3) is 1.73. The fourth-order valence-electron chi connectivity index (χ4n) is 7.82. The average molecular weight is 358 g/mol. The number of esters is 1. The number of hydrogen-bond donors (Lipinski definition) is 0. The van der Waals surface area contributed by atoms with E-state index in [2.05, 4.69) is 6.92 Å². The highest BCUT2D eigenvalue weighted by Gasteiger charge is 2.83. The van der Waals surface area contributed by atoms with Gasteiger partial charge in [-0.25, -0.2) is 0 Å². The summed E-state index contributed by atoms with van der Waals surface area (Å²) in [7, 11) is 0. The Balaban J connectivity index is 1.57. The average Bonchev–Trinajstić information content (AvgIpc) is 3.17. The van der Waals surface area contributed by atoms with E-state index in [-0.39, 0.29) is 46.6 Å². The van der Waals surface area contributed by atoms with Gasteiger partial charge in [-0.15, -0.1) is 0 Å². The molecule has 5 nitrogen and oxygen atoms in total. The highest BCUT2D eigenvalue weighted by atomic mass is 16.5. The van der Waals surface area contributed by atoms with E-state index >= 15 is 0 Å². The molecule has 5 rings (SSSR count). The zero-order chi connectivity index (χ0) is 18.5. The lowest BCUT2D eigenvalue weighted by Gasteiger charge is -2.54. The molecule has 5 aliphatic carbocycles. The molecule has 0 saturated heterocycles. The molecule has 0 aromatic rings. The Morgan fingerprint density at radius 1 is 1.08 bits per heavy atom. The van der Waals surface area contributed by atoms with Crippen LogP contribution in [0.5, 0.6) is 0 Å². The first-order valence-electron chi connectivity index (χ1n) is 10.0. The van der Waals surface area contributed by atoms with Crippen molar-refractivity contribution in [3.05, 3.63) is 0 Å². The molecule has 0 amide bonds. The van der Waals surface area contributed by atoms with Gasteiger partial charge < -0.3 is 4.74 Å². The SMILES string of the molecule is CC(=O)O[C@H]1CC(=O)C[C@]23C[C@]12[C@H]1CC[C@]2(C)C(=O)CC[C@H]2[C@@H]1CC3=O. The third-order valence-corrected chi connectivity index (χ3v) is 8.92. The van der Waals surface area contributed by atoms with E-state index in [1.165, 1.54) is 6.92 Å². The Morgan fingerprint density at radius 2 is 1.85 bits per heavy atom. The summed E-state index contributed by atoms with van der Waals surface area (Å²) in [5.74, 6) is 0.984. The van der Waals surface area contributed by atoms with E-state index in [9.17, 15) is 19.2 Å². The Kier molecular flexibility index (Phi) is 3.10. The lowest BCUT2D eigenvalue weighted by Crippen LogP contribution is -2.56. The molecule has 140 valence electrons. The molecule has 0 aliphatic heterocycles. The Morgan fingerprint density at radius 3 is 2.58 bits per heavy atom. The summed E-state index contributed by atoms with van der Waals surface area (Å²) >= 11 is 0. The van der Waals surface area contributed by atoms with Crippen LogP contribution in [0.2, 0.25) is 0 Å². The number of fused-ring (bicyclic) bond motifs is 3. The fourth-order valence-corrected chi connectivity index (χ4v) is 7.82. The van der Waals surface area contributed by atoms with Gasteiger partial charge >= 0.3 is 5.97 Å². The second kappa shape index (κ2) is 4.85. The van der Waals surface area contributed by atoms with Crippen LogP contribution >= 0.6 is 0 Å². The molecule has 5 aliphatic rings. The molecule has 0 spiro atoms. The zero-order valence-electron chi connectivity index (χ0n) is 15.5. The molecule has 0 bridgehead atoms. The van der Waals surface area contributed by atoms with Crippen molar-refractivity contribution in [3.8, 4) is 0 Å². The van der Waals surface area contributed by atoms with Crippen LogP contribution in [0.4, 0.5) is 0 Å². The number of rotatable bonds is 1. The van der Waals surface area contributed by atoms with E-state index < -0.39 is 11.5 Å². The van der Waals surface area contributed by atoms with Crippen LogP contribution in [-0.4, -0.2) is 29.4 Å². The normalized spacial score (nSPS) is 51.8. The van der Waals surface area contributed by atoms with Gasteiger partial charge in [0.2, 0.25) is 0 Å². The lowest BCUT2D eigenvalue weighted by atomic mass is 9.49. The molecular weight excluding hydrogens is 332 g/mol. The Labute approximate surface area is 153 Å². The molecule has 5 heteroatoms. The van der Waals surface area contributed by atoms with Crippen molar-refractivity contribution in [2.45, 2.75) is 71.3 Å². The molecule has 26 heavy (non-hydrogen) atoms. The number of hydrogen-bond acceptors (Lipinski definition) is 5. The van der Waals surface area contributed by atoms with Crippen LogP contribution in [0.15, 0.2) is 0 Å². The first-order chi connectivity index (χ1) is 12.2. The molecule has 0 radical (unpaired) electrons. The number of ether oxygens (including phenoxy) is 1. The monoisotopic (exact) mass is 358 g/mol. The van der Waals surface area contributed by atoms with E-state index in [0.29, 0.717) is 37.4 Å². The first kappa shape index (κ1) is 16.6. The van der Waals surface area contributed by atoms with Crippen molar-refractivity contribution in [1.29, 1.82) is 0 Å². The highest BCUT2D eigenvalue weighted by molar-refractivity contribution is 5.98. The summed E-state index contributed by atoms with van der Waals surface area (Å²) < 4.78 is 5.65. The molecule has 0 heterocycles. The van der Waals surface area contributed by atoms with Crippen molar-refractivity contribution in [3.63, 3.8) is 0 Å². The summed E-state index contributed by atoms with van der Waals surface area (Å²) in [5.41, 5.74) is -1.21. The van der Waals surface area contributed by atoms with Crippen molar-refractivity contribution < 1.29 is 23.9 Å². The van der Waals surface area contributed by atoms with E-state index in [4.69, 9.17) is 4.74 Å². The molecule has 0 unspecified atom stereocenters. The van der Waals surface area contributed by atoms with Crippen LogP contribution < -0.4 is 0 Å². The largest absolute Gasteiger partial charge is 0.461 e. The topological polar surface area (TPSA) is 77.5 Å². The molecule has 7 atom stereocenters. The smallest absolute Gasteiger partial charge is 0.302 e. The van der Waals surface area contributed by atoms with Gasteiger partial charge in [-0.3, -0.25) is 19.2 Å². The molecule has 5 saturated carbocycles. The van der Waals surface area contributed by atoms with Gasteiger partial charge in [0, 0.05) is 48.9 Å². The fraction of sp³-hybridized carbons (Fsp3) is 0.810. The minimum Gasteiger partial charge on any atom is -0.461 e. The van der Waals surface area contributed by atoms with Gasteiger partial charge in [0.05, 0.1) is 0 Å². The van der Waals surface area contributed by atoms with Crippen LogP contribution in [-0.2, 0) is 23.9 Å². The van der Waals surface area contributed by atoms with Crippen LogP contribution in [0.3, 0.4) is 0 Å². The molecule has 5 fully saturated rings. The van der Waals surface area contributed by atoms with Crippen molar-refractivity contribution in [2.75, 3.05) is 0 Å². The molecule has 0 aromatic heterocycles. The summed E-state index contributed by atoms with van der Waals surface area (Å²) in [6, 6.07) is 0. The first-order valence-corrected chi connectivity index (χ1v) is 10.0. The van der Waals surface area contributed by atoms with Gasteiger partial charge in [-0.05, 0) is 43.4 Å². The predicted octanol–water partition coefficient (Wildman–Crippen LogP) is 2.64. The predicted molar refractivity (Wildman–Crippen MR) is 91.0 cm³/mol. The standard InChI is InChI=1S/C21H26O5/c1-11(22)26-18-7-12(23)9-20-10-21(18,20)15-5-6-19(2)14(3-4-16(19)24)13(15)8-17(20)25/h13-15,18H,3-10H2,1-2H3/t13-,14-,15-,18-,19-,20+,21-/m0/s1. The maximum Gasteiger partial charge on any atom is 0.302 e. The quantitative estimate of drug-likeness (QED) is 0.674. The molecule has 0 N–H and O–H groups in total. The molecular formula is C21H26O5. The highest BCUT2D eigenvalue weighted by Crippen LogP contribution is 2.81. The second-order valence-electron chi connectivity index (χ2n) is 9.74. The van der Waals surface area contributed by atoms with Gasteiger partial charge in [-0.1, -0.05) is 6.92 Å². The number of ketones is 3. The second-order valence-corrected chi connectivity index (χ2v) is 9.74. The lowest BCUT2D eigenvalue weighted by molar-refractivity contribution is -0.171. The molecule has 0 aromatic carbocycles. The minimum atomic E-state index is -0.583. The van der Waals surface area contributed by atoms with Crippen LogP contribution in [0.1, 0.15) is 65.2 Å². The number of Topliss-reactive ketones (excluding diaryl/α,β-unsaturated/α-hetero) is 3. The van der Waals surface area contributed by atoms with Crippen LogP contribution in [0.25, 0.3) is 0 Å². The third-order valence-electron chi connectivity index (χ3n) is 8.92. The summed E-state index contributed by atoms with van der Waals surface area (Å²) in [6.45, 7) is 3.48. The van der Waals surface area contributed by atoms with Crippen LogP contribution in [0, 0.1) is 34.0 Å².